The van der Waals surface area contributed by atoms with E-state index in [1.807, 2.05) is 0 Å². The molecule has 0 heterocycles. The molecule has 0 saturated carbocycles. The maximum absolute atomic E-state index is 11.6. The molecule has 0 aliphatic rings. The second-order valence-electron chi connectivity index (χ2n) is 3.61. The largest absolute Gasteiger partial charge is 0.540 e. The van der Waals surface area contributed by atoms with Gasteiger partial charge in [-0.1, -0.05) is 63.2 Å². The van der Waals surface area contributed by atoms with Gasteiger partial charge in [-0.05, 0) is 6.92 Å². The summed E-state index contributed by atoms with van der Waals surface area (Å²) in [5.74, 6) is -1.52. The first-order valence-corrected chi connectivity index (χ1v) is 7.69. The molecule has 128 valence electrons. The second-order valence-corrected chi connectivity index (χ2v) is 5.50. The Balaban J connectivity index is 2.98. The van der Waals surface area contributed by atoms with E-state index >= 15 is 0 Å². The van der Waals surface area contributed by atoms with Gasteiger partial charge in [0.2, 0.25) is 0 Å². The molecule has 0 aliphatic carbocycles. The minimum absolute atomic E-state index is 0.00301. The van der Waals surface area contributed by atoms with E-state index in [0.29, 0.717) is 0 Å². The molecule has 0 radical (unpaired) electrons. The molecule has 12 heteroatoms. The van der Waals surface area contributed by atoms with Gasteiger partial charge in [-0.15, -0.1) is 0 Å². The third kappa shape index (κ3) is 4.79. The van der Waals surface area contributed by atoms with Crippen molar-refractivity contribution in [3.05, 3.63) is 25.1 Å². The van der Waals surface area contributed by atoms with Crippen molar-refractivity contribution in [3.63, 3.8) is 0 Å². The van der Waals surface area contributed by atoms with Crippen LogP contribution in [0.1, 0.15) is 6.92 Å². The lowest BCUT2D eigenvalue weighted by atomic mass is 10.3. The molecular formula is C12H5Cl5N2O5. The highest BCUT2D eigenvalue weighted by atomic mass is 35.5. The van der Waals surface area contributed by atoms with E-state index in [1.54, 1.807) is 0 Å². The number of nitriles is 1. The monoisotopic (exact) mass is 432 g/mol. The number of oxime groups is 1. The van der Waals surface area contributed by atoms with Gasteiger partial charge in [0.05, 0.1) is 21.7 Å². The number of nitrogens with zero attached hydrogens (tertiary/aromatic N) is 2. The van der Waals surface area contributed by atoms with Crippen LogP contribution in [-0.2, 0) is 14.4 Å². The molecule has 0 amide bonds. The van der Waals surface area contributed by atoms with Gasteiger partial charge in [-0.3, -0.25) is 4.84 Å². The van der Waals surface area contributed by atoms with Crippen molar-refractivity contribution >= 4 is 75.8 Å². The molecule has 0 N–H and O–H groups in total. The van der Waals surface area contributed by atoms with Gasteiger partial charge in [0.15, 0.2) is 5.75 Å². The molecule has 0 spiro atoms. The normalized spacial score (nSPS) is 10.8. The quantitative estimate of drug-likeness (QED) is 0.127. The number of esters is 1. The summed E-state index contributed by atoms with van der Waals surface area (Å²) in [5, 5.41) is 10.6. The third-order valence-corrected chi connectivity index (χ3v) is 4.38. The van der Waals surface area contributed by atoms with Crippen LogP contribution in [0.25, 0.3) is 0 Å². The van der Waals surface area contributed by atoms with E-state index < -0.39 is 23.6 Å². The first-order valence-electron chi connectivity index (χ1n) is 5.80. The summed E-state index contributed by atoms with van der Waals surface area (Å²) in [6.07, 6.45) is -1.47. The summed E-state index contributed by atoms with van der Waals surface area (Å²) < 4.78 is 9.22. The number of hydrogen-bond acceptors (Lipinski definition) is 7. The van der Waals surface area contributed by atoms with Crippen molar-refractivity contribution in [1.29, 1.82) is 5.26 Å². The zero-order chi connectivity index (χ0) is 18.4. The van der Waals surface area contributed by atoms with E-state index in [4.69, 9.17) is 68.0 Å². The highest BCUT2D eigenvalue weighted by Gasteiger charge is 2.23. The third-order valence-electron chi connectivity index (χ3n) is 2.14. The Kier molecular flexibility index (Phi) is 7.87. The van der Waals surface area contributed by atoms with E-state index in [9.17, 15) is 9.59 Å². The second kappa shape index (κ2) is 9.16. The van der Waals surface area contributed by atoms with Gasteiger partial charge in [0.1, 0.15) is 16.1 Å². The van der Waals surface area contributed by atoms with Crippen LogP contribution in [0.2, 0.25) is 25.1 Å². The molecule has 0 saturated heterocycles. The average Bonchev–Trinajstić information content (AvgIpc) is 2.56. The minimum atomic E-state index is -1.47. The lowest BCUT2D eigenvalue weighted by Gasteiger charge is -2.11. The number of ether oxygens (including phenoxy) is 2. The molecule has 0 atom stereocenters. The summed E-state index contributed by atoms with van der Waals surface area (Å²) in [6, 6.07) is 1.39. The smallest absolute Gasteiger partial charge is 0.461 e. The highest BCUT2D eigenvalue weighted by molar-refractivity contribution is 6.55. The van der Waals surface area contributed by atoms with E-state index in [2.05, 4.69) is 14.7 Å². The molecule has 0 fully saturated rings. The number of carbonyl (C=O) groups is 2. The Morgan fingerprint density at radius 2 is 1.54 bits per heavy atom. The first kappa shape index (κ1) is 20.6. The molecule has 0 aliphatic heterocycles. The molecule has 1 aromatic carbocycles. The Bertz CT molecular complexity index is 730. The SMILES string of the molecule is CCOC(=O)C(C#N)=NOC(=O)Oc1c(Cl)c(Cl)c(Cl)c(Cl)c1Cl. The number of rotatable bonds is 4. The summed E-state index contributed by atoms with van der Waals surface area (Å²) in [6.45, 7) is 1.51. The van der Waals surface area contributed by atoms with Crippen molar-refractivity contribution in [3.8, 4) is 11.8 Å². The molecule has 0 bridgehead atoms. The number of hydrogen-bond donors (Lipinski definition) is 0. The molecule has 24 heavy (non-hydrogen) atoms. The first-order chi connectivity index (χ1) is 11.2. The molecule has 0 unspecified atom stereocenters. The van der Waals surface area contributed by atoms with Gasteiger partial charge in [-0.25, -0.2) is 9.59 Å². The zero-order valence-electron chi connectivity index (χ0n) is 11.5. The minimum Gasteiger partial charge on any atom is -0.461 e. The van der Waals surface area contributed by atoms with Crippen molar-refractivity contribution in [2.75, 3.05) is 6.61 Å². The van der Waals surface area contributed by atoms with Gasteiger partial charge in [0, 0.05) is 0 Å². The molecule has 0 aromatic heterocycles. The van der Waals surface area contributed by atoms with Gasteiger partial charge in [0.25, 0.3) is 5.71 Å². The van der Waals surface area contributed by atoms with E-state index in [-0.39, 0.29) is 31.7 Å². The van der Waals surface area contributed by atoms with E-state index in [0.717, 1.165) is 0 Å². The lowest BCUT2D eigenvalue weighted by molar-refractivity contribution is -0.135. The van der Waals surface area contributed by atoms with Crippen LogP contribution in [0.4, 0.5) is 4.79 Å². The van der Waals surface area contributed by atoms with E-state index in [1.165, 1.54) is 13.0 Å². The van der Waals surface area contributed by atoms with Crippen LogP contribution in [0.15, 0.2) is 5.16 Å². The van der Waals surface area contributed by atoms with Crippen molar-refractivity contribution in [2.24, 2.45) is 5.16 Å². The maximum Gasteiger partial charge on any atom is 0.540 e. The lowest BCUT2D eigenvalue weighted by Crippen LogP contribution is -2.18. The van der Waals surface area contributed by atoms with Crippen molar-refractivity contribution in [1.82, 2.24) is 0 Å². The van der Waals surface area contributed by atoms with Gasteiger partial charge >= 0.3 is 12.1 Å². The average molecular weight is 434 g/mol. The summed E-state index contributed by atoms with van der Waals surface area (Å²) in [5.41, 5.74) is -0.807. The standard InChI is InChI=1S/C12H5Cl5N2O5/c1-2-22-11(20)4(3-18)19-24-12(21)23-10-8(16)6(14)5(13)7(15)9(10)17/h2H2,1H3. The molecule has 1 aromatic rings. The number of benzene rings is 1. The Morgan fingerprint density at radius 1 is 1.04 bits per heavy atom. The van der Waals surface area contributed by atoms with Crippen LogP contribution < -0.4 is 4.74 Å². The molecular weight excluding hydrogens is 429 g/mol. The summed E-state index contributed by atoms with van der Waals surface area (Å²) in [7, 11) is 0. The zero-order valence-corrected chi connectivity index (χ0v) is 15.3. The fourth-order valence-corrected chi connectivity index (χ4v) is 2.36. The number of carbonyl (C=O) groups excluding carboxylic acids is 2. The Morgan fingerprint density at radius 3 is 2.00 bits per heavy atom. The van der Waals surface area contributed by atoms with Gasteiger partial charge < -0.3 is 9.47 Å². The summed E-state index contributed by atoms with van der Waals surface area (Å²) >= 11 is 29.1. The van der Waals surface area contributed by atoms with Crippen molar-refractivity contribution in [2.45, 2.75) is 6.92 Å². The topological polar surface area (TPSA) is 98.0 Å². The fourth-order valence-electron chi connectivity index (χ4n) is 1.16. The maximum atomic E-state index is 11.6. The van der Waals surface area contributed by atoms with Crippen molar-refractivity contribution < 1.29 is 23.9 Å². The highest BCUT2D eigenvalue weighted by Crippen LogP contribution is 2.48. The van der Waals surface area contributed by atoms with Crippen LogP contribution in [0, 0.1) is 11.3 Å². The van der Waals surface area contributed by atoms with Crippen LogP contribution in [-0.4, -0.2) is 24.4 Å². The fraction of sp³-hybridized carbons (Fsp3) is 0.167. The molecule has 7 nitrogen and oxygen atoms in total. The Labute approximate surface area is 160 Å². The Hall–Kier alpha value is -1.43. The van der Waals surface area contributed by atoms with Gasteiger partial charge in [-0.2, -0.15) is 5.26 Å². The van der Waals surface area contributed by atoms with Crippen LogP contribution in [0.5, 0.6) is 5.75 Å². The van der Waals surface area contributed by atoms with Crippen LogP contribution >= 0.6 is 58.0 Å². The predicted octanol–water partition coefficient (Wildman–Crippen LogP) is 4.91. The van der Waals surface area contributed by atoms with Crippen LogP contribution in [0.3, 0.4) is 0 Å². The predicted molar refractivity (Wildman–Crippen MR) is 88.3 cm³/mol. The summed E-state index contributed by atoms with van der Waals surface area (Å²) in [4.78, 5) is 27.1. The molecule has 1 rings (SSSR count). The number of halogens is 5.